The molecule has 1 atom stereocenters. The summed E-state index contributed by atoms with van der Waals surface area (Å²) in [7, 11) is -3.59. The first-order chi connectivity index (χ1) is 11.8. The molecule has 0 aliphatic carbocycles. The molecule has 1 aliphatic rings. The predicted octanol–water partition coefficient (Wildman–Crippen LogP) is 0.911. The minimum atomic E-state index is -3.59. The lowest BCUT2D eigenvalue weighted by Crippen LogP contribution is -2.52. The maximum atomic E-state index is 12.8. The van der Waals surface area contributed by atoms with Crippen LogP contribution in [0.25, 0.3) is 0 Å². The molecular formula is C16H24N4O3S2. The van der Waals surface area contributed by atoms with Gasteiger partial charge in [0.1, 0.15) is 0 Å². The van der Waals surface area contributed by atoms with Crippen LogP contribution in [0.4, 0.5) is 0 Å². The highest BCUT2D eigenvalue weighted by atomic mass is 32.2. The van der Waals surface area contributed by atoms with Gasteiger partial charge in [0.05, 0.1) is 10.8 Å². The van der Waals surface area contributed by atoms with Crippen LogP contribution in [0.15, 0.2) is 29.2 Å². The molecule has 0 unspecified atom stereocenters. The first kappa shape index (κ1) is 19.6. The van der Waals surface area contributed by atoms with Crippen molar-refractivity contribution in [1.82, 2.24) is 20.5 Å². The van der Waals surface area contributed by atoms with E-state index in [1.807, 2.05) is 13.8 Å². The highest BCUT2D eigenvalue weighted by Gasteiger charge is 2.33. The van der Waals surface area contributed by atoms with Crippen LogP contribution in [0.5, 0.6) is 0 Å². The number of sulfonamides is 1. The molecule has 1 heterocycles. The summed E-state index contributed by atoms with van der Waals surface area (Å²) in [6.07, 6.45) is 1.28. The van der Waals surface area contributed by atoms with Crippen LogP contribution in [0.1, 0.15) is 25.3 Å². The van der Waals surface area contributed by atoms with Gasteiger partial charge in [-0.05, 0) is 51.0 Å². The average Bonchev–Trinajstić information content (AvgIpc) is 2.60. The number of benzene rings is 1. The zero-order valence-corrected chi connectivity index (χ0v) is 16.0. The highest BCUT2D eigenvalue weighted by molar-refractivity contribution is 7.89. The Hall–Kier alpha value is -1.71. The summed E-state index contributed by atoms with van der Waals surface area (Å²) in [5, 5.41) is 3.19. The lowest BCUT2D eigenvalue weighted by atomic mass is 9.99. The SMILES string of the molecule is CCNC(=S)NNC(=O)[C@@H]1CCCN(S(=O)(=O)c2ccc(C)cc2)C1. The van der Waals surface area contributed by atoms with Crippen LogP contribution in [0.3, 0.4) is 0 Å². The number of nitrogens with zero attached hydrogens (tertiary/aromatic N) is 1. The van der Waals surface area contributed by atoms with Crippen molar-refractivity contribution in [3.8, 4) is 0 Å². The second-order valence-corrected chi connectivity index (χ2v) is 8.34. The number of amides is 1. The van der Waals surface area contributed by atoms with Crippen LogP contribution in [0, 0.1) is 12.8 Å². The molecular weight excluding hydrogens is 360 g/mol. The van der Waals surface area contributed by atoms with Crippen LogP contribution >= 0.6 is 12.2 Å². The van der Waals surface area contributed by atoms with E-state index in [0.717, 1.165) is 5.56 Å². The topological polar surface area (TPSA) is 90.5 Å². The molecule has 7 nitrogen and oxygen atoms in total. The summed E-state index contributed by atoms with van der Waals surface area (Å²) < 4.78 is 26.9. The summed E-state index contributed by atoms with van der Waals surface area (Å²) in [5.74, 6) is -0.671. The van der Waals surface area contributed by atoms with Crippen molar-refractivity contribution >= 4 is 33.3 Å². The van der Waals surface area contributed by atoms with E-state index in [0.29, 0.717) is 31.0 Å². The van der Waals surface area contributed by atoms with E-state index in [4.69, 9.17) is 12.2 Å². The molecule has 0 aromatic heterocycles. The smallest absolute Gasteiger partial charge is 0.243 e. The second kappa shape index (κ2) is 8.59. The number of hydrazine groups is 1. The van der Waals surface area contributed by atoms with Gasteiger partial charge in [0, 0.05) is 19.6 Å². The zero-order chi connectivity index (χ0) is 18.4. The monoisotopic (exact) mass is 384 g/mol. The maximum absolute atomic E-state index is 12.8. The van der Waals surface area contributed by atoms with Crippen LogP contribution in [-0.4, -0.2) is 43.4 Å². The fourth-order valence-electron chi connectivity index (χ4n) is 2.66. The third-order valence-corrected chi connectivity index (χ3v) is 6.18. The second-order valence-electron chi connectivity index (χ2n) is 5.99. The molecule has 1 aliphatic heterocycles. The lowest BCUT2D eigenvalue weighted by molar-refractivity contribution is -0.126. The van der Waals surface area contributed by atoms with Gasteiger partial charge in [-0.15, -0.1) is 0 Å². The van der Waals surface area contributed by atoms with E-state index in [-0.39, 0.29) is 17.3 Å². The number of piperidine rings is 1. The summed E-state index contributed by atoms with van der Waals surface area (Å²) in [5.41, 5.74) is 6.16. The predicted molar refractivity (Wildman–Crippen MR) is 100 cm³/mol. The number of thiocarbonyl (C=S) groups is 1. The Morgan fingerprint density at radius 3 is 2.60 bits per heavy atom. The van der Waals surface area contributed by atoms with Gasteiger partial charge >= 0.3 is 0 Å². The molecule has 0 bridgehead atoms. The zero-order valence-electron chi connectivity index (χ0n) is 14.4. The van der Waals surface area contributed by atoms with Crippen LogP contribution in [0.2, 0.25) is 0 Å². The van der Waals surface area contributed by atoms with Crippen molar-refractivity contribution < 1.29 is 13.2 Å². The Balaban J connectivity index is 2.01. The van der Waals surface area contributed by atoms with Gasteiger partial charge in [-0.25, -0.2) is 8.42 Å². The Bertz CT molecular complexity index is 719. The van der Waals surface area contributed by atoms with Gasteiger partial charge in [-0.1, -0.05) is 17.7 Å². The number of carbonyl (C=O) groups excluding carboxylic acids is 1. The third-order valence-electron chi connectivity index (χ3n) is 4.05. The Morgan fingerprint density at radius 1 is 1.28 bits per heavy atom. The summed E-state index contributed by atoms with van der Waals surface area (Å²) >= 11 is 4.99. The summed E-state index contributed by atoms with van der Waals surface area (Å²) in [6.45, 7) is 5.03. The van der Waals surface area contributed by atoms with Crippen molar-refractivity contribution in [2.75, 3.05) is 19.6 Å². The van der Waals surface area contributed by atoms with Gasteiger partial charge in [0.15, 0.2) is 5.11 Å². The number of aryl methyl sites for hydroxylation is 1. The molecule has 0 radical (unpaired) electrons. The number of hydrogen-bond acceptors (Lipinski definition) is 4. The van der Waals surface area contributed by atoms with Gasteiger partial charge < -0.3 is 5.32 Å². The molecule has 3 N–H and O–H groups in total. The van der Waals surface area contributed by atoms with Gasteiger partial charge in [-0.3, -0.25) is 15.6 Å². The molecule has 1 amide bonds. The van der Waals surface area contributed by atoms with E-state index in [2.05, 4.69) is 16.2 Å². The summed E-state index contributed by atoms with van der Waals surface area (Å²) in [6, 6.07) is 6.74. The summed E-state index contributed by atoms with van der Waals surface area (Å²) in [4.78, 5) is 12.5. The molecule has 138 valence electrons. The molecule has 2 rings (SSSR count). The number of nitrogens with one attached hydrogen (secondary N) is 3. The molecule has 1 aromatic rings. The van der Waals surface area contributed by atoms with Crippen molar-refractivity contribution in [1.29, 1.82) is 0 Å². The number of rotatable bonds is 4. The Labute approximate surface area is 154 Å². The molecule has 1 aromatic carbocycles. The van der Waals surface area contributed by atoms with E-state index < -0.39 is 15.9 Å². The molecule has 25 heavy (non-hydrogen) atoms. The first-order valence-corrected chi connectivity index (χ1v) is 10.1. The number of hydrogen-bond donors (Lipinski definition) is 3. The minimum absolute atomic E-state index is 0.164. The van der Waals surface area contributed by atoms with Crippen LogP contribution in [-0.2, 0) is 14.8 Å². The average molecular weight is 385 g/mol. The van der Waals surface area contributed by atoms with E-state index >= 15 is 0 Å². The molecule has 1 saturated heterocycles. The highest BCUT2D eigenvalue weighted by Crippen LogP contribution is 2.24. The molecule has 9 heteroatoms. The van der Waals surface area contributed by atoms with E-state index in [9.17, 15) is 13.2 Å². The maximum Gasteiger partial charge on any atom is 0.243 e. The van der Waals surface area contributed by atoms with Gasteiger partial charge in [0.2, 0.25) is 15.9 Å². The molecule has 0 spiro atoms. The fraction of sp³-hybridized carbons (Fsp3) is 0.500. The van der Waals surface area contributed by atoms with Crippen molar-refractivity contribution in [3.05, 3.63) is 29.8 Å². The van der Waals surface area contributed by atoms with Gasteiger partial charge in [-0.2, -0.15) is 4.31 Å². The number of carbonyl (C=O) groups is 1. The Morgan fingerprint density at radius 2 is 1.96 bits per heavy atom. The third kappa shape index (κ3) is 5.13. The largest absolute Gasteiger partial charge is 0.362 e. The normalized spacial score (nSPS) is 18.4. The first-order valence-electron chi connectivity index (χ1n) is 8.25. The Kier molecular flexibility index (Phi) is 6.74. The fourth-order valence-corrected chi connectivity index (χ4v) is 4.38. The molecule has 0 saturated carbocycles. The van der Waals surface area contributed by atoms with Crippen molar-refractivity contribution in [3.63, 3.8) is 0 Å². The lowest BCUT2D eigenvalue weighted by Gasteiger charge is -2.31. The van der Waals surface area contributed by atoms with Crippen molar-refractivity contribution in [2.24, 2.45) is 5.92 Å². The van der Waals surface area contributed by atoms with Crippen molar-refractivity contribution in [2.45, 2.75) is 31.6 Å². The standard InChI is InChI=1S/C16H24N4O3S2/c1-3-17-16(24)19-18-15(21)13-5-4-10-20(11-13)25(22,23)14-8-6-12(2)7-9-14/h6-9,13H,3-5,10-11H2,1-2H3,(H,18,21)(H2,17,19,24)/t13-/m1/s1. The minimum Gasteiger partial charge on any atom is -0.362 e. The van der Waals surface area contributed by atoms with Gasteiger partial charge in [0.25, 0.3) is 0 Å². The molecule has 1 fully saturated rings. The van der Waals surface area contributed by atoms with E-state index in [1.165, 1.54) is 4.31 Å². The van der Waals surface area contributed by atoms with E-state index in [1.54, 1.807) is 24.3 Å². The van der Waals surface area contributed by atoms with Crippen LogP contribution < -0.4 is 16.2 Å². The quantitative estimate of drug-likeness (QED) is 0.528.